The van der Waals surface area contributed by atoms with Crippen LogP contribution in [0.15, 0.2) is 23.1 Å². The number of carbonyl (C=O) groups is 1. The Balaban J connectivity index is 2.36. The van der Waals surface area contributed by atoms with Gasteiger partial charge in [-0.1, -0.05) is 12.1 Å². The minimum Gasteiger partial charge on any atom is -0.300 e. The third-order valence-corrected chi connectivity index (χ3v) is 5.28. The van der Waals surface area contributed by atoms with Crippen LogP contribution in [-0.2, 0) is 14.8 Å². The Labute approximate surface area is 108 Å². The number of rotatable bonds is 2. The molecule has 1 heterocycles. The van der Waals surface area contributed by atoms with E-state index in [9.17, 15) is 13.2 Å². The summed E-state index contributed by atoms with van der Waals surface area (Å²) in [6.07, 6.45) is 0.647. The second kappa shape index (κ2) is 4.82. The van der Waals surface area contributed by atoms with Gasteiger partial charge in [0, 0.05) is 25.9 Å². The van der Waals surface area contributed by atoms with Gasteiger partial charge in [0.2, 0.25) is 10.0 Å². The van der Waals surface area contributed by atoms with Crippen molar-refractivity contribution < 1.29 is 13.2 Å². The van der Waals surface area contributed by atoms with E-state index in [1.165, 1.54) is 4.31 Å². The Hall–Kier alpha value is -1.20. The first-order chi connectivity index (χ1) is 8.41. The molecule has 1 aromatic carbocycles. The van der Waals surface area contributed by atoms with Crippen LogP contribution in [0.2, 0.25) is 0 Å². The SMILES string of the molecule is Cc1ccc(C)c(S(=O)(=O)N2CCC(=O)CC2)c1. The van der Waals surface area contributed by atoms with Gasteiger partial charge in [-0.25, -0.2) is 8.42 Å². The van der Waals surface area contributed by atoms with Gasteiger partial charge in [-0.15, -0.1) is 0 Å². The summed E-state index contributed by atoms with van der Waals surface area (Å²) < 4.78 is 26.4. The summed E-state index contributed by atoms with van der Waals surface area (Å²) in [5.41, 5.74) is 1.67. The molecule has 0 bridgehead atoms. The molecule has 1 fully saturated rings. The molecule has 0 spiro atoms. The minimum atomic E-state index is -3.46. The van der Waals surface area contributed by atoms with Crippen molar-refractivity contribution in [2.75, 3.05) is 13.1 Å². The normalized spacial score (nSPS) is 18.0. The number of nitrogens with zero attached hydrogens (tertiary/aromatic N) is 1. The number of benzene rings is 1. The quantitative estimate of drug-likeness (QED) is 0.819. The largest absolute Gasteiger partial charge is 0.300 e. The number of piperidine rings is 1. The van der Waals surface area contributed by atoms with Crippen molar-refractivity contribution in [3.05, 3.63) is 29.3 Å². The van der Waals surface area contributed by atoms with E-state index in [1.807, 2.05) is 19.1 Å². The number of hydrogen-bond donors (Lipinski definition) is 0. The molecule has 0 saturated carbocycles. The van der Waals surface area contributed by atoms with Crippen LogP contribution in [0, 0.1) is 13.8 Å². The molecule has 0 atom stereocenters. The zero-order chi connectivity index (χ0) is 13.3. The number of hydrogen-bond acceptors (Lipinski definition) is 3. The molecule has 98 valence electrons. The van der Waals surface area contributed by atoms with Gasteiger partial charge >= 0.3 is 0 Å². The fourth-order valence-electron chi connectivity index (χ4n) is 2.10. The van der Waals surface area contributed by atoms with Gasteiger partial charge in [0.1, 0.15) is 5.78 Å². The maximum Gasteiger partial charge on any atom is 0.243 e. The van der Waals surface area contributed by atoms with Gasteiger partial charge in [-0.3, -0.25) is 4.79 Å². The summed E-state index contributed by atoms with van der Waals surface area (Å²) in [7, 11) is -3.46. The van der Waals surface area contributed by atoms with Crippen molar-refractivity contribution in [2.45, 2.75) is 31.6 Å². The molecule has 0 unspecified atom stereocenters. The van der Waals surface area contributed by atoms with Crippen LogP contribution in [0.25, 0.3) is 0 Å². The Kier molecular flexibility index (Phi) is 3.54. The second-order valence-electron chi connectivity index (χ2n) is 4.71. The van der Waals surface area contributed by atoms with E-state index in [0.717, 1.165) is 11.1 Å². The van der Waals surface area contributed by atoms with E-state index < -0.39 is 10.0 Å². The lowest BCUT2D eigenvalue weighted by molar-refractivity contribution is -0.120. The van der Waals surface area contributed by atoms with Crippen molar-refractivity contribution in [1.82, 2.24) is 4.31 Å². The highest BCUT2D eigenvalue weighted by Crippen LogP contribution is 2.23. The smallest absolute Gasteiger partial charge is 0.243 e. The molecule has 18 heavy (non-hydrogen) atoms. The Morgan fingerprint density at radius 3 is 2.33 bits per heavy atom. The Morgan fingerprint density at radius 2 is 1.72 bits per heavy atom. The third-order valence-electron chi connectivity index (χ3n) is 3.24. The molecular formula is C13H17NO3S. The van der Waals surface area contributed by atoms with Gasteiger partial charge in [0.05, 0.1) is 4.90 Å². The van der Waals surface area contributed by atoms with Crippen LogP contribution in [0.4, 0.5) is 0 Å². The molecule has 0 aromatic heterocycles. The molecule has 1 aromatic rings. The van der Waals surface area contributed by atoms with Crippen molar-refractivity contribution in [2.24, 2.45) is 0 Å². The summed E-state index contributed by atoms with van der Waals surface area (Å²) in [4.78, 5) is 11.5. The maximum absolute atomic E-state index is 12.5. The van der Waals surface area contributed by atoms with Crippen molar-refractivity contribution in [3.8, 4) is 0 Å². The first kappa shape index (κ1) is 13.2. The van der Waals surface area contributed by atoms with Crippen molar-refractivity contribution in [1.29, 1.82) is 0 Å². The standard InChI is InChI=1S/C13H17NO3S/c1-10-3-4-11(2)13(9-10)18(16,17)14-7-5-12(15)6-8-14/h3-4,9H,5-8H2,1-2H3. The number of Topliss-reactive ketones (excluding diaryl/α,β-unsaturated/α-hetero) is 1. The van der Waals surface area contributed by atoms with E-state index in [0.29, 0.717) is 30.8 Å². The lowest BCUT2D eigenvalue weighted by Gasteiger charge is -2.26. The van der Waals surface area contributed by atoms with Crippen molar-refractivity contribution >= 4 is 15.8 Å². The van der Waals surface area contributed by atoms with Crippen molar-refractivity contribution in [3.63, 3.8) is 0 Å². The average Bonchev–Trinajstić information content (AvgIpc) is 2.32. The molecule has 1 aliphatic heterocycles. The van der Waals surface area contributed by atoms with Gasteiger partial charge in [0.15, 0.2) is 0 Å². The summed E-state index contributed by atoms with van der Waals surface area (Å²) in [6, 6.07) is 5.41. The van der Waals surface area contributed by atoms with Gasteiger partial charge in [-0.2, -0.15) is 4.31 Å². The number of aryl methyl sites for hydroxylation is 2. The lowest BCUT2D eigenvalue weighted by Crippen LogP contribution is -2.38. The van der Waals surface area contributed by atoms with Crippen LogP contribution in [0.3, 0.4) is 0 Å². The minimum absolute atomic E-state index is 0.141. The van der Waals surface area contributed by atoms with E-state index in [2.05, 4.69) is 0 Å². The number of carbonyl (C=O) groups excluding carboxylic acids is 1. The molecule has 5 heteroatoms. The lowest BCUT2D eigenvalue weighted by atomic mass is 10.1. The molecule has 0 radical (unpaired) electrons. The first-order valence-electron chi connectivity index (χ1n) is 6.00. The predicted molar refractivity (Wildman–Crippen MR) is 68.9 cm³/mol. The molecule has 4 nitrogen and oxygen atoms in total. The zero-order valence-electron chi connectivity index (χ0n) is 10.6. The molecule has 1 aliphatic rings. The van der Waals surface area contributed by atoms with Gasteiger partial charge < -0.3 is 0 Å². The van der Waals surface area contributed by atoms with Crippen LogP contribution < -0.4 is 0 Å². The van der Waals surface area contributed by atoms with Crippen LogP contribution in [0.1, 0.15) is 24.0 Å². The third kappa shape index (κ3) is 2.47. The fraction of sp³-hybridized carbons (Fsp3) is 0.462. The Morgan fingerprint density at radius 1 is 1.11 bits per heavy atom. The summed E-state index contributed by atoms with van der Waals surface area (Å²) >= 11 is 0. The van der Waals surface area contributed by atoms with E-state index in [1.54, 1.807) is 13.0 Å². The average molecular weight is 267 g/mol. The van der Waals surface area contributed by atoms with E-state index in [4.69, 9.17) is 0 Å². The molecule has 0 aliphatic carbocycles. The predicted octanol–water partition coefficient (Wildman–Crippen LogP) is 1.66. The van der Waals surface area contributed by atoms with Crippen LogP contribution >= 0.6 is 0 Å². The van der Waals surface area contributed by atoms with E-state index in [-0.39, 0.29) is 5.78 Å². The molecule has 2 rings (SSSR count). The van der Waals surface area contributed by atoms with Gasteiger partial charge in [-0.05, 0) is 31.0 Å². The highest BCUT2D eigenvalue weighted by atomic mass is 32.2. The zero-order valence-corrected chi connectivity index (χ0v) is 11.5. The Bertz CT molecular complexity index is 568. The molecule has 0 amide bonds. The summed E-state index contributed by atoms with van der Waals surface area (Å²) in [5.74, 6) is 0.141. The highest BCUT2D eigenvalue weighted by molar-refractivity contribution is 7.89. The molecular weight excluding hydrogens is 250 g/mol. The van der Waals surface area contributed by atoms with Gasteiger partial charge in [0.25, 0.3) is 0 Å². The topological polar surface area (TPSA) is 54.5 Å². The first-order valence-corrected chi connectivity index (χ1v) is 7.44. The summed E-state index contributed by atoms with van der Waals surface area (Å²) in [6.45, 7) is 4.27. The van der Waals surface area contributed by atoms with Crippen LogP contribution in [-0.4, -0.2) is 31.6 Å². The number of sulfonamides is 1. The molecule has 0 N–H and O–H groups in total. The molecule has 1 saturated heterocycles. The van der Waals surface area contributed by atoms with E-state index >= 15 is 0 Å². The van der Waals surface area contributed by atoms with Crippen LogP contribution in [0.5, 0.6) is 0 Å². The maximum atomic E-state index is 12.5. The number of ketones is 1. The monoisotopic (exact) mass is 267 g/mol. The summed E-state index contributed by atoms with van der Waals surface area (Å²) in [5, 5.41) is 0. The highest BCUT2D eigenvalue weighted by Gasteiger charge is 2.29. The fourth-order valence-corrected chi connectivity index (χ4v) is 3.85. The second-order valence-corrected chi connectivity index (χ2v) is 6.62.